The summed E-state index contributed by atoms with van der Waals surface area (Å²) >= 11 is 0. The topological polar surface area (TPSA) is 80.9 Å². The van der Waals surface area contributed by atoms with Crippen LogP contribution in [0.2, 0.25) is 0 Å². The lowest BCUT2D eigenvalue weighted by Gasteiger charge is -2.01. The second-order valence-corrected chi connectivity index (χ2v) is 4.57. The van der Waals surface area contributed by atoms with Crippen LogP contribution >= 0.6 is 0 Å². The highest BCUT2D eigenvalue weighted by molar-refractivity contribution is 5.76. The molecule has 5 nitrogen and oxygen atoms in total. The summed E-state index contributed by atoms with van der Waals surface area (Å²) in [6, 6.07) is 0. The average molecular weight is 274 g/mol. The van der Waals surface area contributed by atoms with Crippen molar-refractivity contribution in [3.8, 4) is 11.8 Å². The lowest BCUT2D eigenvalue weighted by Crippen LogP contribution is -2.23. The normalized spacial score (nSPS) is 9.65. The Labute approximate surface area is 120 Å². The third-order valence-electron chi connectivity index (χ3n) is 2.79. The van der Waals surface area contributed by atoms with Gasteiger partial charge in [-0.2, -0.15) is 0 Å². The Morgan fingerprint density at radius 1 is 1.25 bits per heavy atom. The van der Waals surface area contributed by atoms with Gasteiger partial charge >= 0.3 is 0 Å². The maximum Gasteiger partial charge on any atom is 0.220 e. The lowest BCUT2D eigenvalue weighted by atomic mass is 10.1. The molecule has 0 aromatic carbocycles. The second kappa shape index (κ2) is 9.79. The quantitative estimate of drug-likeness (QED) is 0.587. The standard InChI is InChI=1S/C15H22N4O/c1-2-3-4-5-6-9-14(20)17-10-7-8-13-11-18-15(16)19-12-13/h11-12H,2-6,9-10H2,1H3,(H,17,20)(H2,16,18,19). The zero-order chi connectivity index (χ0) is 14.6. The number of rotatable bonds is 7. The van der Waals surface area contributed by atoms with Crippen LogP contribution in [0.4, 0.5) is 5.95 Å². The Morgan fingerprint density at radius 2 is 1.95 bits per heavy atom. The van der Waals surface area contributed by atoms with E-state index in [1.54, 1.807) is 12.4 Å². The number of carbonyl (C=O) groups excluding carboxylic acids is 1. The van der Waals surface area contributed by atoms with Gasteiger partial charge in [-0.1, -0.05) is 44.4 Å². The van der Waals surface area contributed by atoms with Crippen molar-refractivity contribution in [1.29, 1.82) is 0 Å². The van der Waals surface area contributed by atoms with E-state index in [-0.39, 0.29) is 11.9 Å². The summed E-state index contributed by atoms with van der Waals surface area (Å²) in [7, 11) is 0. The van der Waals surface area contributed by atoms with Crippen LogP contribution in [0.5, 0.6) is 0 Å². The molecule has 0 fully saturated rings. The van der Waals surface area contributed by atoms with Crippen LogP contribution in [0, 0.1) is 11.8 Å². The minimum absolute atomic E-state index is 0.0596. The van der Waals surface area contributed by atoms with Gasteiger partial charge in [-0.3, -0.25) is 4.79 Å². The molecule has 0 saturated heterocycles. The van der Waals surface area contributed by atoms with Gasteiger partial charge in [0, 0.05) is 18.8 Å². The highest BCUT2D eigenvalue weighted by Gasteiger charge is 1.98. The van der Waals surface area contributed by atoms with Gasteiger partial charge in [0.2, 0.25) is 11.9 Å². The van der Waals surface area contributed by atoms with Crippen molar-refractivity contribution in [2.24, 2.45) is 0 Å². The molecule has 108 valence electrons. The third kappa shape index (κ3) is 7.37. The van der Waals surface area contributed by atoms with Crippen LogP contribution in [-0.2, 0) is 4.79 Å². The predicted molar refractivity (Wildman–Crippen MR) is 79.7 cm³/mol. The first-order chi connectivity index (χ1) is 9.72. The van der Waals surface area contributed by atoms with E-state index in [2.05, 4.69) is 34.0 Å². The van der Waals surface area contributed by atoms with Crippen molar-refractivity contribution in [2.45, 2.75) is 45.4 Å². The van der Waals surface area contributed by atoms with Crippen molar-refractivity contribution in [2.75, 3.05) is 12.3 Å². The molecular formula is C15H22N4O. The van der Waals surface area contributed by atoms with Crippen LogP contribution in [0.1, 0.15) is 51.0 Å². The number of nitrogens with zero attached hydrogens (tertiary/aromatic N) is 2. The largest absolute Gasteiger partial charge is 0.368 e. The molecule has 0 bridgehead atoms. The molecular weight excluding hydrogens is 252 g/mol. The molecule has 0 aliphatic carbocycles. The SMILES string of the molecule is CCCCCCCC(=O)NCC#Cc1cnc(N)nc1. The van der Waals surface area contributed by atoms with E-state index in [0.29, 0.717) is 18.5 Å². The van der Waals surface area contributed by atoms with Crippen LogP contribution in [0.15, 0.2) is 12.4 Å². The fraction of sp³-hybridized carbons (Fsp3) is 0.533. The van der Waals surface area contributed by atoms with Crippen molar-refractivity contribution in [3.05, 3.63) is 18.0 Å². The van der Waals surface area contributed by atoms with Gasteiger partial charge < -0.3 is 11.1 Å². The van der Waals surface area contributed by atoms with Crippen molar-refractivity contribution >= 4 is 11.9 Å². The Kier molecular flexibility index (Phi) is 7.82. The minimum atomic E-state index is 0.0596. The average Bonchev–Trinajstić information content (AvgIpc) is 2.45. The summed E-state index contributed by atoms with van der Waals surface area (Å²) in [5, 5.41) is 2.78. The fourth-order valence-electron chi connectivity index (χ4n) is 1.67. The molecule has 1 amide bonds. The van der Waals surface area contributed by atoms with E-state index in [0.717, 1.165) is 12.8 Å². The van der Waals surface area contributed by atoms with E-state index in [1.807, 2.05) is 0 Å². The second-order valence-electron chi connectivity index (χ2n) is 4.57. The number of amides is 1. The van der Waals surface area contributed by atoms with Crippen molar-refractivity contribution in [3.63, 3.8) is 0 Å². The number of hydrogen-bond donors (Lipinski definition) is 2. The summed E-state index contributed by atoms with van der Waals surface area (Å²) in [6.45, 7) is 2.52. The molecule has 1 heterocycles. The summed E-state index contributed by atoms with van der Waals surface area (Å²) in [5.41, 5.74) is 6.06. The molecule has 0 radical (unpaired) electrons. The molecule has 20 heavy (non-hydrogen) atoms. The van der Waals surface area contributed by atoms with Crippen molar-refractivity contribution in [1.82, 2.24) is 15.3 Å². The summed E-state index contributed by atoms with van der Waals surface area (Å²) in [6.07, 6.45) is 9.45. The maximum atomic E-state index is 11.5. The van der Waals surface area contributed by atoms with E-state index in [4.69, 9.17) is 5.73 Å². The Balaban J connectivity index is 2.14. The molecule has 0 aliphatic rings. The minimum Gasteiger partial charge on any atom is -0.368 e. The molecule has 3 N–H and O–H groups in total. The number of hydrogen-bond acceptors (Lipinski definition) is 4. The van der Waals surface area contributed by atoms with Crippen LogP contribution in [0.3, 0.4) is 0 Å². The predicted octanol–water partition coefficient (Wildman–Crippen LogP) is 1.89. The monoisotopic (exact) mass is 274 g/mol. The van der Waals surface area contributed by atoms with Gasteiger partial charge in [0.15, 0.2) is 0 Å². The highest BCUT2D eigenvalue weighted by atomic mass is 16.1. The number of nitrogens with one attached hydrogen (secondary N) is 1. The van der Waals surface area contributed by atoms with Gasteiger partial charge in [-0.25, -0.2) is 9.97 Å². The molecule has 0 atom stereocenters. The molecule has 1 aromatic rings. The van der Waals surface area contributed by atoms with E-state index >= 15 is 0 Å². The summed E-state index contributed by atoms with van der Waals surface area (Å²) < 4.78 is 0. The van der Waals surface area contributed by atoms with Gasteiger partial charge in [-0.15, -0.1) is 0 Å². The van der Waals surface area contributed by atoms with Crippen LogP contribution < -0.4 is 11.1 Å². The van der Waals surface area contributed by atoms with E-state index < -0.39 is 0 Å². The Morgan fingerprint density at radius 3 is 2.65 bits per heavy atom. The smallest absolute Gasteiger partial charge is 0.220 e. The first kappa shape index (κ1) is 16.0. The molecule has 0 saturated carbocycles. The van der Waals surface area contributed by atoms with Crippen LogP contribution in [-0.4, -0.2) is 22.4 Å². The van der Waals surface area contributed by atoms with E-state index in [1.165, 1.54) is 19.3 Å². The zero-order valence-corrected chi connectivity index (χ0v) is 12.0. The number of aromatic nitrogens is 2. The first-order valence-electron chi connectivity index (χ1n) is 7.05. The van der Waals surface area contributed by atoms with Gasteiger partial charge in [0.25, 0.3) is 0 Å². The Bertz CT molecular complexity index is 459. The molecule has 0 aliphatic heterocycles. The summed E-state index contributed by atoms with van der Waals surface area (Å²) in [5.74, 6) is 6.01. The van der Waals surface area contributed by atoms with Crippen molar-refractivity contribution < 1.29 is 4.79 Å². The number of carbonyl (C=O) groups is 1. The number of unbranched alkanes of at least 4 members (excludes halogenated alkanes) is 4. The zero-order valence-electron chi connectivity index (χ0n) is 12.0. The third-order valence-corrected chi connectivity index (χ3v) is 2.79. The maximum absolute atomic E-state index is 11.5. The lowest BCUT2D eigenvalue weighted by molar-refractivity contribution is -0.120. The highest BCUT2D eigenvalue weighted by Crippen LogP contribution is 2.04. The Hall–Kier alpha value is -2.09. The molecule has 5 heteroatoms. The molecule has 0 spiro atoms. The molecule has 1 rings (SSSR count). The number of nitrogen functional groups attached to an aromatic ring is 1. The van der Waals surface area contributed by atoms with Crippen LogP contribution in [0.25, 0.3) is 0 Å². The first-order valence-corrected chi connectivity index (χ1v) is 7.05. The van der Waals surface area contributed by atoms with Gasteiger partial charge in [0.05, 0.1) is 12.1 Å². The number of anilines is 1. The number of nitrogens with two attached hydrogens (primary N) is 1. The summed E-state index contributed by atoms with van der Waals surface area (Å²) in [4.78, 5) is 19.2. The fourth-order valence-corrected chi connectivity index (χ4v) is 1.67. The molecule has 1 aromatic heterocycles. The van der Waals surface area contributed by atoms with E-state index in [9.17, 15) is 4.79 Å². The molecule has 0 unspecified atom stereocenters. The van der Waals surface area contributed by atoms with Gasteiger partial charge in [-0.05, 0) is 6.42 Å². The van der Waals surface area contributed by atoms with Gasteiger partial charge in [0.1, 0.15) is 0 Å².